The second kappa shape index (κ2) is 5.67. The molecule has 0 saturated carbocycles. The molecule has 1 amide bonds. The van der Waals surface area contributed by atoms with E-state index in [0.717, 1.165) is 30.3 Å². The maximum atomic E-state index is 12.2. The number of anilines is 1. The van der Waals surface area contributed by atoms with Gasteiger partial charge >= 0.3 is 0 Å². The Hall–Kier alpha value is -1.14. The topological polar surface area (TPSA) is 48.5 Å². The molecule has 2 heterocycles. The first-order valence-electron chi connectivity index (χ1n) is 6.26. The summed E-state index contributed by atoms with van der Waals surface area (Å²) in [5.41, 5.74) is 1.10. The molecule has 1 aromatic rings. The van der Waals surface area contributed by atoms with Crippen LogP contribution in [0.2, 0.25) is 0 Å². The van der Waals surface area contributed by atoms with Gasteiger partial charge < -0.3 is 15.1 Å². The second-order valence-electron chi connectivity index (χ2n) is 4.62. The quantitative estimate of drug-likeness (QED) is 0.871. The Balaban J connectivity index is 2.19. The normalized spacial score (nSPS) is 19.9. The molecule has 0 aliphatic carbocycles. The van der Waals surface area contributed by atoms with E-state index in [1.807, 2.05) is 0 Å². The zero-order chi connectivity index (χ0) is 13.1. The van der Waals surface area contributed by atoms with Crippen molar-refractivity contribution in [1.82, 2.24) is 15.2 Å². The number of hydrogen-bond donors (Lipinski definition) is 1. The Kier molecular flexibility index (Phi) is 4.19. The van der Waals surface area contributed by atoms with Crippen LogP contribution in [0.15, 0.2) is 5.38 Å². The molecule has 0 bridgehead atoms. The summed E-state index contributed by atoms with van der Waals surface area (Å²) in [6, 6.07) is -0.135. The van der Waals surface area contributed by atoms with Crippen LogP contribution in [0.4, 0.5) is 5.13 Å². The fraction of sp³-hybridized carbons (Fsp3) is 0.667. The van der Waals surface area contributed by atoms with E-state index < -0.39 is 0 Å². The number of hydrogen-bond acceptors (Lipinski definition) is 5. The van der Waals surface area contributed by atoms with Crippen LogP contribution < -0.4 is 10.2 Å². The van der Waals surface area contributed by atoms with Crippen LogP contribution in [-0.4, -0.2) is 55.6 Å². The molecule has 1 atom stereocenters. The average Bonchev–Trinajstić information content (AvgIpc) is 2.86. The molecule has 1 N–H and O–H groups in total. The highest BCUT2D eigenvalue weighted by molar-refractivity contribution is 7.13. The Morgan fingerprint density at radius 3 is 3.06 bits per heavy atom. The molecule has 0 aromatic carbocycles. The first-order chi connectivity index (χ1) is 8.63. The van der Waals surface area contributed by atoms with E-state index in [-0.39, 0.29) is 11.9 Å². The number of carbonyl (C=O) groups is 1. The molecule has 18 heavy (non-hydrogen) atoms. The number of aromatic nitrogens is 1. The van der Waals surface area contributed by atoms with Crippen LogP contribution in [0.3, 0.4) is 0 Å². The minimum Gasteiger partial charge on any atom is -0.347 e. The number of piperazine rings is 1. The average molecular weight is 268 g/mol. The molecule has 1 aliphatic heterocycles. The predicted octanol–water partition coefficient (Wildman–Crippen LogP) is 0.572. The number of carbonyl (C=O) groups excluding carboxylic acids is 1. The van der Waals surface area contributed by atoms with Crippen molar-refractivity contribution in [2.45, 2.75) is 19.4 Å². The Morgan fingerprint density at radius 2 is 2.44 bits per heavy atom. The Labute approximate surface area is 112 Å². The summed E-state index contributed by atoms with van der Waals surface area (Å²) in [4.78, 5) is 20.5. The van der Waals surface area contributed by atoms with Crippen molar-refractivity contribution >= 4 is 22.4 Å². The van der Waals surface area contributed by atoms with Gasteiger partial charge in [-0.2, -0.15) is 0 Å². The van der Waals surface area contributed by atoms with Crippen LogP contribution in [0.1, 0.15) is 12.6 Å². The van der Waals surface area contributed by atoms with Gasteiger partial charge in [0.2, 0.25) is 5.91 Å². The van der Waals surface area contributed by atoms with E-state index in [2.05, 4.69) is 27.5 Å². The summed E-state index contributed by atoms with van der Waals surface area (Å²) in [6.45, 7) is 4.52. The maximum Gasteiger partial charge on any atom is 0.246 e. The lowest BCUT2D eigenvalue weighted by molar-refractivity contribution is -0.130. The lowest BCUT2D eigenvalue weighted by atomic mass is 10.2. The molecule has 1 unspecified atom stereocenters. The van der Waals surface area contributed by atoms with Gasteiger partial charge in [0.15, 0.2) is 5.13 Å². The molecule has 1 fully saturated rings. The van der Waals surface area contributed by atoms with Crippen LogP contribution in [0, 0.1) is 0 Å². The van der Waals surface area contributed by atoms with E-state index in [1.165, 1.54) is 0 Å². The van der Waals surface area contributed by atoms with Gasteiger partial charge in [-0.3, -0.25) is 4.79 Å². The summed E-state index contributed by atoms with van der Waals surface area (Å²) in [5.74, 6) is 0.135. The second-order valence-corrected chi connectivity index (χ2v) is 5.46. The number of aryl methyl sites for hydroxylation is 1. The van der Waals surface area contributed by atoms with Crippen molar-refractivity contribution in [1.29, 1.82) is 0 Å². The van der Waals surface area contributed by atoms with Crippen molar-refractivity contribution in [3.63, 3.8) is 0 Å². The Bertz CT molecular complexity index is 418. The first-order valence-corrected chi connectivity index (χ1v) is 7.14. The fourth-order valence-corrected chi connectivity index (χ4v) is 3.03. The molecule has 1 aliphatic rings. The molecular weight excluding hydrogens is 248 g/mol. The smallest absolute Gasteiger partial charge is 0.246 e. The number of rotatable bonds is 3. The van der Waals surface area contributed by atoms with Gasteiger partial charge in [0.05, 0.1) is 5.69 Å². The van der Waals surface area contributed by atoms with Crippen LogP contribution in [-0.2, 0) is 11.2 Å². The van der Waals surface area contributed by atoms with Gasteiger partial charge in [-0.25, -0.2) is 4.98 Å². The summed E-state index contributed by atoms with van der Waals surface area (Å²) >= 11 is 1.63. The summed E-state index contributed by atoms with van der Waals surface area (Å²) < 4.78 is 0. The van der Waals surface area contributed by atoms with Gasteiger partial charge in [-0.05, 0) is 6.42 Å². The molecule has 1 aromatic heterocycles. The maximum absolute atomic E-state index is 12.2. The molecule has 0 radical (unpaired) electrons. The van der Waals surface area contributed by atoms with Gasteiger partial charge in [0.1, 0.15) is 6.04 Å². The molecule has 6 heteroatoms. The van der Waals surface area contributed by atoms with Crippen molar-refractivity contribution in [3.05, 3.63) is 11.1 Å². The third-order valence-corrected chi connectivity index (χ3v) is 4.04. The highest BCUT2D eigenvalue weighted by Crippen LogP contribution is 2.24. The molecule has 1 saturated heterocycles. The predicted molar refractivity (Wildman–Crippen MR) is 74.2 cm³/mol. The number of nitrogens with zero attached hydrogens (tertiary/aromatic N) is 3. The third kappa shape index (κ3) is 2.64. The zero-order valence-electron chi connectivity index (χ0n) is 11.1. The summed E-state index contributed by atoms with van der Waals surface area (Å²) in [6.07, 6.45) is 0.939. The molecule has 0 spiro atoms. The number of nitrogens with one attached hydrogen (secondary N) is 1. The van der Waals surface area contributed by atoms with Crippen molar-refractivity contribution in [3.8, 4) is 0 Å². The van der Waals surface area contributed by atoms with E-state index in [0.29, 0.717) is 6.54 Å². The van der Waals surface area contributed by atoms with Crippen molar-refractivity contribution < 1.29 is 4.79 Å². The number of likely N-dealkylation sites (N-methyl/N-ethyl adjacent to an activating group) is 1. The highest BCUT2D eigenvalue weighted by atomic mass is 32.1. The molecular formula is C12H20N4OS. The van der Waals surface area contributed by atoms with E-state index in [1.54, 1.807) is 30.3 Å². The van der Waals surface area contributed by atoms with Crippen LogP contribution in [0.5, 0.6) is 0 Å². The Morgan fingerprint density at radius 1 is 1.67 bits per heavy atom. The van der Waals surface area contributed by atoms with Crippen molar-refractivity contribution in [2.24, 2.45) is 0 Å². The fourth-order valence-electron chi connectivity index (χ4n) is 2.04. The van der Waals surface area contributed by atoms with Crippen molar-refractivity contribution in [2.75, 3.05) is 38.6 Å². The molecule has 5 nitrogen and oxygen atoms in total. The van der Waals surface area contributed by atoms with Gasteiger partial charge in [0.25, 0.3) is 0 Å². The van der Waals surface area contributed by atoms with Crippen LogP contribution in [0.25, 0.3) is 0 Å². The summed E-state index contributed by atoms with van der Waals surface area (Å²) in [7, 11) is 3.60. The monoisotopic (exact) mass is 268 g/mol. The molecule has 100 valence electrons. The number of amides is 1. The number of thiazole rings is 1. The minimum absolute atomic E-state index is 0.135. The zero-order valence-corrected chi connectivity index (χ0v) is 12.0. The summed E-state index contributed by atoms with van der Waals surface area (Å²) in [5, 5.41) is 6.32. The minimum atomic E-state index is -0.135. The van der Waals surface area contributed by atoms with E-state index >= 15 is 0 Å². The standard InChI is InChI=1S/C12H20N4OS/c1-4-9-8-18-12(14-9)16-6-5-13-7-10(16)11(17)15(2)3/h8,10,13H,4-7H2,1-3H3. The highest BCUT2D eigenvalue weighted by Gasteiger charge is 2.31. The molecule has 2 rings (SSSR count). The van der Waals surface area contributed by atoms with Gasteiger partial charge in [-0.1, -0.05) is 6.92 Å². The SMILES string of the molecule is CCc1csc(N2CCNCC2C(=O)N(C)C)n1. The largest absolute Gasteiger partial charge is 0.347 e. The van der Waals surface area contributed by atoms with E-state index in [9.17, 15) is 4.79 Å². The van der Waals surface area contributed by atoms with Gasteiger partial charge in [0, 0.05) is 39.1 Å². The van der Waals surface area contributed by atoms with Gasteiger partial charge in [-0.15, -0.1) is 11.3 Å². The lowest BCUT2D eigenvalue weighted by Crippen LogP contribution is -2.57. The van der Waals surface area contributed by atoms with E-state index in [4.69, 9.17) is 0 Å². The lowest BCUT2D eigenvalue weighted by Gasteiger charge is -2.36. The van der Waals surface area contributed by atoms with Crippen LogP contribution >= 0.6 is 11.3 Å². The first kappa shape index (κ1) is 13.3. The third-order valence-electron chi connectivity index (χ3n) is 3.12.